The number of nitrogens with two attached hydrogens (primary N) is 1. The summed E-state index contributed by atoms with van der Waals surface area (Å²) in [6.45, 7) is 2.24. The molecule has 0 amide bonds. The summed E-state index contributed by atoms with van der Waals surface area (Å²) >= 11 is 0.775. The summed E-state index contributed by atoms with van der Waals surface area (Å²) in [4.78, 5) is 12.3. The van der Waals surface area contributed by atoms with Crippen LogP contribution in [0.4, 0.5) is 10.7 Å². The molecule has 0 spiro atoms. The zero-order valence-corrected chi connectivity index (χ0v) is 13.1. The minimum absolute atomic E-state index is 0.0329. The molecule has 0 aliphatic carbocycles. The van der Waals surface area contributed by atoms with Gasteiger partial charge in [0.15, 0.2) is 5.00 Å². The molecule has 0 aromatic carbocycles. The lowest BCUT2D eigenvalue weighted by Crippen LogP contribution is -2.34. The minimum Gasteiger partial charge on any atom is -0.310 e. The summed E-state index contributed by atoms with van der Waals surface area (Å²) in [7, 11) is -1.80. The third-order valence-corrected chi connectivity index (χ3v) is 6.69. The van der Waals surface area contributed by atoms with Gasteiger partial charge in [-0.3, -0.25) is 10.1 Å². The highest BCUT2D eigenvalue weighted by atomic mass is 32.2. The normalized spacial score (nSPS) is 18.4. The number of nitrogens with zero attached hydrogens (tertiary/aromatic N) is 3. The van der Waals surface area contributed by atoms with Crippen molar-refractivity contribution in [1.82, 2.24) is 9.21 Å². The summed E-state index contributed by atoms with van der Waals surface area (Å²) in [6.07, 6.45) is 0.727. The number of nitrogen functional groups attached to an aromatic ring is 1. The van der Waals surface area contributed by atoms with Crippen LogP contribution in [0, 0.1) is 10.1 Å². The number of rotatable bonds is 4. The van der Waals surface area contributed by atoms with E-state index in [1.807, 2.05) is 7.05 Å². The fourth-order valence-corrected chi connectivity index (χ4v) is 4.98. The molecule has 0 bridgehead atoms. The second-order valence-corrected chi connectivity index (χ2v) is 7.96. The summed E-state index contributed by atoms with van der Waals surface area (Å²) in [6, 6.07) is 1.06. The van der Waals surface area contributed by atoms with E-state index in [0.29, 0.717) is 19.6 Å². The second kappa shape index (κ2) is 6.23. The maximum Gasteiger partial charge on any atom is 0.306 e. The van der Waals surface area contributed by atoms with E-state index in [1.54, 1.807) is 0 Å². The molecule has 2 rings (SSSR count). The SMILES string of the molecule is CN1CCCN(S(=O)(=O)c2cc([N+](=O)[O-])c(NN)s2)CC1. The number of thiophene rings is 1. The molecule has 1 fully saturated rings. The molecular formula is C10H17N5O4S2. The average molecular weight is 335 g/mol. The lowest BCUT2D eigenvalue weighted by Gasteiger charge is -2.18. The van der Waals surface area contributed by atoms with Gasteiger partial charge in [-0.25, -0.2) is 14.3 Å². The van der Waals surface area contributed by atoms with Crippen LogP contribution in [0.3, 0.4) is 0 Å². The minimum atomic E-state index is -3.73. The molecule has 3 N–H and O–H groups in total. The lowest BCUT2D eigenvalue weighted by molar-refractivity contribution is -0.383. The van der Waals surface area contributed by atoms with E-state index >= 15 is 0 Å². The Labute approximate surface area is 126 Å². The molecule has 0 unspecified atom stereocenters. The predicted molar refractivity (Wildman–Crippen MR) is 79.7 cm³/mol. The highest BCUT2D eigenvalue weighted by Crippen LogP contribution is 2.37. The first-order valence-electron chi connectivity index (χ1n) is 6.30. The van der Waals surface area contributed by atoms with E-state index in [0.717, 1.165) is 30.4 Å². The Kier molecular flexibility index (Phi) is 4.78. The van der Waals surface area contributed by atoms with Crippen LogP contribution in [0.1, 0.15) is 6.42 Å². The van der Waals surface area contributed by atoms with Crippen molar-refractivity contribution in [1.29, 1.82) is 0 Å². The Morgan fingerprint density at radius 2 is 2.10 bits per heavy atom. The third-order valence-electron chi connectivity index (χ3n) is 3.29. The van der Waals surface area contributed by atoms with Crippen molar-refractivity contribution in [3.8, 4) is 0 Å². The van der Waals surface area contributed by atoms with E-state index < -0.39 is 14.9 Å². The average Bonchev–Trinajstić information content (AvgIpc) is 2.76. The molecule has 1 saturated heterocycles. The van der Waals surface area contributed by atoms with Crippen molar-refractivity contribution in [3.63, 3.8) is 0 Å². The number of nitro groups is 1. The maximum atomic E-state index is 12.6. The first kappa shape index (κ1) is 16.1. The Hall–Kier alpha value is -1.27. The van der Waals surface area contributed by atoms with Crippen molar-refractivity contribution in [2.75, 3.05) is 38.7 Å². The zero-order chi connectivity index (χ0) is 15.6. The second-order valence-electron chi connectivity index (χ2n) is 4.74. The molecule has 118 valence electrons. The Balaban J connectivity index is 2.33. The van der Waals surface area contributed by atoms with Crippen LogP contribution < -0.4 is 11.3 Å². The lowest BCUT2D eigenvalue weighted by atomic mass is 10.4. The predicted octanol–water partition coefficient (Wildman–Crippen LogP) is 0.268. The number of anilines is 1. The topological polar surface area (TPSA) is 122 Å². The quantitative estimate of drug-likeness (QED) is 0.460. The fraction of sp³-hybridized carbons (Fsp3) is 0.600. The number of likely N-dealkylation sites (N-methyl/N-ethyl adjacent to an activating group) is 1. The van der Waals surface area contributed by atoms with Gasteiger partial charge in [-0.1, -0.05) is 11.3 Å². The fourth-order valence-electron chi connectivity index (χ4n) is 2.12. The van der Waals surface area contributed by atoms with Crippen LogP contribution in [0.5, 0.6) is 0 Å². The molecule has 21 heavy (non-hydrogen) atoms. The van der Waals surface area contributed by atoms with Gasteiger partial charge in [0, 0.05) is 25.7 Å². The molecule has 0 saturated carbocycles. The van der Waals surface area contributed by atoms with Gasteiger partial charge in [-0.15, -0.1) is 0 Å². The number of hydrazine groups is 1. The van der Waals surface area contributed by atoms with Crippen molar-refractivity contribution >= 4 is 32.0 Å². The van der Waals surface area contributed by atoms with Crippen molar-refractivity contribution in [2.24, 2.45) is 5.84 Å². The summed E-state index contributed by atoms with van der Waals surface area (Å²) < 4.78 is 26.5. The van der Waals surface area contributed by atoms with Crippen molar-refractivity contribution in [3.05, 3.63) is 16.2 Å². The molecule has 1 aliphatic heterocycles. The van der Waals surface area contributed by atoms with Crippen molar-refractivity contribution in [2.45, 2.75) is 10.6 Å². The van der Waals surface area contributed by atoms with Crippen LogP contribution in [-0.4, -0.2) is 55.8 Å². The largest absolute Gasteiger partial charge is 0.310 e. The van der Waals surface area contributed by atoms with Gasteiger partial charge >= 0.3 is 5.69 Å². The van der Waals surface area contributed by atoms with E-state index in [1.165, 1.54) is 4.31 Å². The van der Waals surface area contributed by atoms with Gasteiger partial charge in [-0.2, -0.15) is 4.31 Å². The van der Waals surface area contributed by atoms with Gasteiger partial charge in [0.05, 0.1) is 4.92 Å². The molecule has 1 aliphatic rings. The smallest absolute Gasteiger partial charge is 0.306 e. The molecule has 0 radical (unpaired) electrons. The van der Waals surface area contributed by atoms with Crippen LogP contribution in [-0.2, 0) is 10.0 Å². The van der Waals surface area contributed by atoms with Gasteiger partial charge in [0.2, 0.25) is 0 Å². The first-order valence-corrected chi connectivity index (χ1v) is 8.55. The number of hydrogen-bond acceptors (Lipinski definition) is 8. The highest BCUT2D eigenvalue weighted by molar-refractivity contribution is 7.91. The van der Waals surface area contributed by atoms with Crippen LogP contribution >= 0.6 is 11.3 Å². The molecule has 0 atom stereocenters. The monoisotopic (exact) mass is 335 g/mol. The third kappa shape index (κ3) is 3.32. The van der Waals surface area contributed by atoms with Crippen LogP contribution in [0.15, 0.2) is 10.3 Å². The van der Waals surface area contributed by atoms with Gasteiger partial charge < -0.3 is 10.3 Å². The summed E-state index contributed by atoms with van der Waals surface area (Å²) in [5.74, 6) is 5.21. The number of sulfonamides is 1. The van der Waals surface area contributed by atoms with Gasteiger partial charge in [-0.05, 0) is 20.0 Å². The van der Waals surface area contributed by atoms with E-state index in [9.17, 15) is 18.5 Å². The first-order chi connectivity index (χ1) is 9.86. The highest BCUT2D eigenvalue weighted by Gasteiger charge is 2.31. The zero-order valence-electron chi connectivity index (χ0n) is 11.5. The van der Waals surface area contributed by atoms with Crippen LogP contribution in [0.2, 0.25) is 0 Å². The van der Waals surface area contributed by atoms with Crippen LogP contribution in [0.25, 0.3) is 0 Å². The molecule has 1 aromatic rings. The Bertz CT molecular complexity index is 629. The van der Waals surface area contributed by atoms with E-state index in [4.69, 9.17) is 5.84 Å². The van der Waals surface area contributed by atoms with Gasteiger partial charge in [0.1, 0.15) is 4.21 Å². The van der Waals surface area contributed by atoms with Gasteiger partial charge in [0.25, 0.3) is 10.0 Å². The Morgan fingerprint density at radius 1 is 1.38 bits per heavy atom. The molecular weight excluding hydrogens is 318 g/mol. The van der Waals surface area contributed by atoms with Crippen molar-refractivity contribution < 1.29 is 13.3 Å². The molecule has 1 aromatic heterocycles. The molecule has 9 nitrogen and oxygen atoms in total. The van der Waals surface area contributed by atoms with E-state index in [-0.39, 0.29) is 14.9 Å². The summed E-state index contributed by atoms with van der Waals surface area (Å²) in [5.41, 5.74) is 1.85. The Morgan fingerprint density at radius 3 is 2.67 bits per heavy atom. The molecule has 11 heteroatoms. The number of nitrogens with one attached hydrogen (secondary N) is 1. The van der Waals surface area contributed by atoms with E-state index in [2.05, 4.69) is 10.3 Å². The standard InChI is InChI=1S/C10H17N5O4S2/c1-13-3-2-4-14(6-5-13)21(18,19)9-7-8(15(16)17)10(12-11)20-9/h7,12H,2-6,11H2,1H3. The number of hydrogen-bond donors (Lipinski definition) is 2. The molecule has 2 heterocycles. The summed E-state index contributed by atoms with van der Waals surface area (Å²) in [5, 5.41) is 10.9. The maximum absolute atomic E-state index is 12.6.